The third-order valence-corrected chi connectivity index (χ3v) is 3.55. The van der Waals surface area contributed by atoms with E-state index in [-0.39, 0.29) is 0 Å². The van der Waals surface area contributed by atoms with Crippen molar-refractivity contribution in [2.24, 2.45) is 0 Å². The van der Waals surface area contributed by atoms with Gasteiger partial charge in [-0.3, -0.25) is 0 Å². The second-order valence-electron chi connectivity index (χ2n) is 3.68. The minimum Gasteiger partial charge on any atom is -0.375 e. The van der Waals surface area contributed by atoms with Crippen molar-refractivity contribution < 1.29 is 13.3 Å². The van der Waals surface area contributed by atoms with Gasteiger partial charge in [0, 0.05) is 20.3 Å². The van der Waals surface area contributed by atoms with Crippen LogP contribution in [0.4, 0.5) is 0 Å². The molecular weight excluding hydrogens is 208 g/mol. The molecule has 0 fully saturated rings. The van der Waals surface area contributed by atoms with Crippen molar-refractivity contribution in [2.45, 2.75) is 58.5 Å². The first kappa shape index (κ1) is 15.1. The molecule has 0 spiro atoms. The predicted molar refractivity (Wildman–Crippen MR) is 63.7 cm³/mol. The first-order chi connectivity index (χ1) is 7.28. The molecule has 0 aliphatic carbocycles. The highest BCUT2D eigenvalue weighted by molar-refractivity contribution is 6.36. The fraction of sp³-hybridized carbons (Fsp3) is 1.00. The summed E-state index contributed by atoms with van der Waals surface area (Å²) in [6.45, 7) is 4.41. The highest BCUT2D eigenvalue weighted by atomic mass is 28.3. The third-order valence-electron chi connectivity index (χ3n) is 2.36. The summed E-state index contributed by atoms with van der Waals surface area (Å²) in [5, 5.41) is 0. The van der Waals surface area contributed by atoms with Crippen LogP contribution in [-0.2, 0) is 13.3 Å². The Bertz CT molecular complexity index is 121. The molecule has 1 radical (unpaired) electrons. The van der Waals surface area contributed by atoms with Gasteiger partial charge in [0.2, 0.25) is 0 Å². The van der Waals surface area contributed by atoms with Gasteiger partial charge in [-0.1, -0.05) is 39.5 Å². The van der Waals surface area contributed by atoms with E-state index in [0.29, 0.717) is 6.10 Å². The number of unbranched alkanes of at least 4 members (excludes halogenated alkanes) is 2. The highest BCUT2D eigenvalue weighted by Gasteiger charge is 2.20. The van der Waals surface area contributed by atoms with Gasteiger partial charge < -0.3 is 13.3 Å². The van der Waals surface area contributed by atoms with Crippen LogP contribution in [0.3, 0.4) is 0 Å². The molecular formula is C11H25O3Si. The summed E-state index contributed by atoms with van der Waals surface area (Å²) in [6.07, 6.45) is 7.43. The molecule has 0 aliphatic heterocycles. The molecule has 0 N–H and O–H groups in total. The average Bonchev–Trinajstić information content (AvgIpc) is 2.28. The molecule has 0 aromatic carbocycles. The molecule has 0 rings (SSSR count). The van der Waals surface area contributed by atoms with Gasteiger partial charge in [0.1, 0.15) is 0 Å². The molecule has 0 heterocycles. The normalized spacial score (nSPS) is 11.6. The van der Waals surface area contributed by atoms with Crippen LogP contribution >= 0.6 is 0 Å². The van der Waals surface area contributed by atoms with Crippen LogP contribution in [0.1, 0.15) is 52.4 Å². The Hall–Kier alpha value is 0.0969. The van der Waals surface area contributed by atoms with Crippen LogP contribution < -0.4 is 0 Å². The highest BCUT2D eigenvalue weighted by Crippen LogP contribution is 2.13. The Morgan fingerprint density at radius 1 is 0.933 bits per heavy atom. The van der Waals surface area contributed by atoms with Gasteiger partial charge in [0.25, 0.3) is 0 Å². The number of hydrogen-bond donors (Lipinski definition) is 0. The fourth-order valence-electron chi connectivity index (χ4n) is 1.44. The molecule has 3 nitrogen and oxygen atoms in total. The van der Waals surface area contributed by atoms with E-state index >= 15 is 0 Å². The summed E-state index contributed by atoms with van der Waals surface area (Å²) in [5.41, 5.74) is 0. The molecule has 0 aliphatic rings. The summed E-state index contributed by atoms with van der Waals surface area (Å²) in [7, 11) is 1.81. The van der Waals surface area contributed by atoms with Crippen LogP contribution in [0.15, 0.2) is 0 Å². The zero-order chi connectivity index (χ0) is 11.5. The topological polar surface area (TPSA) is 27.7 Å². The van der Waals surface area contributed by atoms with Gasteiger partial charge >= 0.3 is 9.53 Å². The van der Waals surface area contributed by atoms with Crippen molar-refractivity contribution >= 4 is 9.53 Å². The number of hydrogen-bond acceptors (Lipinski definition) is 3. The molecule has 0 saturated heterocycles. The molecule has 0 atom stereocenters. The molecule has 0 aromatic heterocycles. The number of rotatable bonds is 10. The lowest BCUT2D eigenvalue weighted by Crippen LogP contribution is -2.30. The van der Waals surface area contributed by atoms with E-state index in [0.717, 1.165) is 12.8 Å². The Morgan fingerprint density at radius 2 is 1.40 bits per heavy atom. The summed E-state index contributed by atoms with van der Waals surface area (Å²) < 4.78 is 16.1. The van der Waals surface area contributed by atoms with Crippen molar-refractivity contribution in [3.63, 3.8) is 0 Å². The van der Waals surface area contributed by atoms with Crippen molar-refractivity contribution in [3.05, 3.63) is 0 Å². The lowest BCUT2D eigenvalue weighted by Gasteiger charge is -2.20. The fourth-order valence-corrected chi connectivity index (χ4v) is 2.31. The first-order valence-electron chi connectivity index (χ1n) is 5.90. The second-order valence-corrected chi connectivity index (χ2v) is 5.23. The Labute approximate surface area is 96.1 Å². The molecule has 0 aromatic rings. The van der Waals surface area contributed by atoms with Crippen LogP contribution in [0, 0.1) is 0 Å². The van der Waals surface area contributed by atoms with Crippen molar-refractivity contribution in [3.8, 4) is 0 Å². The molecule has 91 valence electrons. The van der Waals surface area contributed by atoms with Crippen LogP contribution in [0.2, 0.25) is 0 Å². The third kappa shape index (κ3) is 7.96. The summed E-state index contributed by atoms with van der Waals surface area (Å²) in [6, 6.07) is 0. The zero-order valence-electron chi connectivity index (χ0n) is 10.5. The van der Waals surface area contributed by atoms with E-state index < -0.39 is 9.53 Å². The van der Waals surface area contributed by atoms with Crippen molar-refractivity contribution in [1.29, 1.82) is 0 Å². The predicted octanol–water partition coefficient (Wildman–Crippen LogP) is 3.03. The molecule has 0 bridgehead atoms. The molecule has 0 saturated carbocycles. The van der Waals surface area contributed by atoms with E-state index in [9.17, 15) is 0 Å². The Balaban J connectivity index is 3.86. The van der Waals surface area contributed by atoms with E-state index in [2.05, 4.69) is 13.8 Å². The van der Waals surface area contributed by atoms with Gasteiger partial charge in [-0.25, -0.2) is 0 Å². The van der Waals surface area contributed by atoms with E-state index in [1.54, 1.807) is 14.2 Å². The maximum absolute atomic E-state index is 5.81. The summed E-state index contributed by atoms with van der Waals surface area (Å²) in [4.78, 5) is 0. The van der Waals surface area contributed by atoms with Crippen LogP contribution in [0.25, 0.3) is 0 Å². The molecule has 0 unspecified atom stereocenters. The monoisotopic (exact) mass is 233 g/mol. The van der Waals surface area contributed by atoms with Crippen molar-refractivity contribution in [1.82, 2.24) is 0 Å². The van der Waals surface area contributed by atoms with Gasteiger partial charge in [-0.2, -0.15) is 0 Å². The van der Waals surface area contributed by atoms with Gasteiger partial charge in [0.05, 0.1) is 0 Å². The maximum Gasteiger partial charge on any atom is 0.577 e. The maximum atomic E-state index is 5.81. The van der Waals surface area contributed by atoms with E-state index in [4.69, 9.17) is 13.3 Å². The molecule has 4 heteroatoms. The molecule has 0 amide bonds. The standard InChI is InChI=1S/C11H25O3Si/c1-5-7-9-11(10-8-6-2)14-15(12-3)13-4/h11H,5-10H2,1-4H3. The minimum absolute atomic E-state index is 0.318. The lowest BCUT2D eigenvalue weighted by molar-refractivity contribution is 0.0742. The minimum atomic E-state index is -1.48. The Morgan fingerprint density at radius 3 is 1.73 bits per heavy atom. The van der Waals surface area contributed by atoms with Crippen molar-refractivity contribution in [2.75, 3.05) is 14.2 Å². The van der Waals surface area contributed by atoms with Gasteiger partial charge in [-0.15, -0.1) is 0 Å². The zero-order valence-corrected chi connectivity index (χ0v) is 11.5. The summed E-state index contributed by atoms with van der Waals surface area (Å²) in [5.74, 6) is 0. The quantitative estimate of drug-likeness (QED) is 0.543. The first-order valence-corrected chi connectivity index (χ1v) is 7.12. The molecule has 15 heavy (non-hydrogen) atoms. The van der Waals surface area contributed by atoms with E-state index in [1.807, 2.05) is 0 Å². The van der Waals surface area contributed by atoms with Gasteiger partial charge in [0.15, 0.2) is 0 Å². The van der Waals surface area contributed by atoms with Crippen LogP contribution in [0.5, 0.6) is 0 Å². The van der Waals surface area contributed by atoms with Crippen LogP contribution in [-0.4, -0.2) is 29.9 Å². The summed E-state index contributed by atoms with van der Waals surface area (Å²) >= 11 is 0. The Kier molecular flexibility index (Phi) is 10.7. The SMILES string of the molecule is CCCCC(CCCC)O[Si](OC)OC. The van der Waals surface area contributed by atoms with E-state index in [1.165, 1.54) is 25.7 Å². The lowest BCUT2D eigenvalue weighted by atomic mass is 10.1. The van der Waals surface area contributed by atoms with Gasteiger partial charge in [-0.05, 0) is 12.8 Å². The smallest absolute Gasteiger partial charge is 0.375 e. The largest absolute Gasteiger partial charge is 0.577 e. The second kappa shape index (κ2) is 10.6. The average molecular weight is 233 g/mol.